The van der Waals surface area contributed by atoms with Crippen LogP contribution in [0.15, 0.2) is 11.3 Å². The highest BCUT2D eigenvalue weighted by atomic mass is 32.1. The molecule has 5 heteroatoms. The van der Waals surface area contributed by atoms with Crippen LogP contribution < -0.4 is 10.6 Å². The number of rotatable bonds is 4. The molecule has 0 aromatic rings. The second-order valence-electron chi connectivity index (χ2n) is 4.54. The molecule has 2 N–H and O–H groups in total. The zero-order valence-corrected chi connectivity index (χ0v) is 11.6. The second kappa shape index (κ2) is 6.00. The maximum atomic E-state index is 11.9. The van der Waals surface area contributed by atoms with Gasteiger partial charge in [-0.2, -0.15) is 0 Å². The van der Waals surface area contributed by atoms with Gasteiger partial charge in [0.1, 0.15) is 0 Å². The van der Waals surface area contributed by atoms with Crippen LogP contribution in [0, 0.1) is 5.92 Å². The molecule has 1 aliphatic rings. The van der Waals surface area contributed by atoms with Crippen molar-refractivity contribution in [3.8, 4) is 0 Å². The van der Waals surface area contributed by atoms with E-state index < -0.39 is 0 Å². The van der Waals surface area contributed by atoms with Crippen LogP contribution in [0.5, 0.6) is 0 Å². The highest BCUT2D eigenvalue weighted by molar-refractivity contribution is 7.80. The van der Waals surface area contributed by atoms with Crippen LogP contribution in [0.2, 0.25) is 0 Å². The van der Waals surface area contributed by atoms with Gasteiger partial charge in [-0.3, -0.25) is 0 Å². The minimum atomic E-state index is -0.266. The monoisotopic (exact) mass is 256 g/mol. The Labute approximate surface area is 108 Å². The zero-order chi connectivity index (χ0) is 13.0. The summed E-state index contributed by atoms with van der Waals surface area (Å²) in [7, 11) is 0. The van der Waals surface area contributed by atoms with E-state index in [0.717, 1.165) is 12.1 Å². The topological polar surface area (TPSA) is 50.4 Å². The lowest BCUT2D eigenvalue weighted by molar-refractivity contribution is -0.139. The van der Waals surface area contributed by atoms with Gasteiger partial charge in [-0.25, -0.2) is 4.79 Å². The van der Waals surface area contributed by atoms with Crippen LogP contribution >= 0.6 is 12.2 Å². The molecule has 1 aliphatic heterocycles. The second-order valence-corrected chi connectivity index (χ2v) is 4.95. The van der Waals surface area contributed by atoms with Crippen molar-refractivity contribution in [2.24, 2.45) is 5.92 Å². The van der Waals surface area contributed by atoms with Gasteiger partial charge in [0.2, 0.25) is 0 Å². The van der Waals surface area contributed by atoms with Gasteiger partial charge in [0, 0.05) is 5.70 Å². The molecule has 1 atom stereocenters. The number of nitrogens with one attached hydrogen (secondary N) is 2. The van der Waals surface area contributed by atoms with Gasteiger partial charge < -0.3 is 15.4 Å². The summed E-state index contributed by atoms with van der Waals surface area (Å²) in [6.45, 7) is 8.27. The Balaban J connectivity index is 2.95. The summed E-state index contributed by atoms with van der Waals surface area (Å²) in [5.74, 6) is 0.212. The Morgan fingerprint density at radius 3 is 2.71 bits per heavy atom. The van der Waals surface area contributed by atoms with Gasteiger partial charge in [-0.15, -0.1) is 0 Å². The fraction of sp³-hybridized carbons (Fsp3) is 0.667. The summed E-state index contributed by atoms with van der Waals surface area (Å²) in [6, 6.07) is -0.0530. The third kappa shape index (κ3) is 3.70. The van der Waals surface area contributed by atoms with Crippen molar-refractivity contribution in [3.63, 3.8) is 0 Å². The van der Waals surface area contributed by atoms with E-state index >= 15 is 0 Å². The van der Waals surface area contributed by atoms with Crippen molar-refractivity contribution in [1.29, 1.82) is 0 Å². The maximum absolute atomic E-state index is 11.9. The van der Waals surface area contributed by atoms with Crippen LogP contribution in [0.1, 0.15) is 34.1 Å². The van der Waals surface area contributed by atoms with E-state index in [-0.39, 0.29) is 12.0 Å². The predicted molar refractivity (Wildman–Crippen MR) is 71.4 cm³/mol. The van der Waals surface area contributed by atoms with E-state index in [1.54, 1.807) is 6.92 Å². The molecule has 0 saturated carbocycles. The Kier molecular flexibility index (Phi) is 4.93. The minimum Gasteiger partial charge on any atom is -0.463 e. The Bertz CT molecular complexity index is 350. The summed E-state index contributed by atoms with van der Waals surface area (Å²) in [6.07, 6.45) is 0.854. The van der Waals surface area contributed by atoms with E-state index in [4.69, 9.17) is 17.0 Å². The summed E-state index contributed by atoms with van der Waals surface area (Å²) in [5.41, 5.74) is 1.45. The van der Waals surface area contributed by atoms with Crippen molar-refractivity contribution in [3.05, 3.63) is 11.3 Å². The minimum absolute atomic E-state index is 0.0530. The molecular formula is C12H20N2O2S. The van der Waals surface area contributed by atoms with E-state index in [1.165, 1.54) is 0 Å². The van der Waals surface area contributed by atoms with Gasteiger partial charge in [-0.1, -0.05) is 13.8 Å². The SMILES string of the molecule is CCOC(=O)C1=C(C)NC(=S)NC1CC(C)C. The first-order chi connectivity index (χ1) is 7.95. The maximum Gasteiger partial charge on any atom is 0.337 e. The molecule has 1 rings (SSSR count). The van der Waals surface area contributed by atoms with Crippen molar-refractivity contribution in [2.45, 2.75) is 40.2 Å². The Hall–Kier alpha value is -1.10. The van der Waals surface area contributed by atoms with Gasteiger partial charge in [0.05, 0.1) is 18.2 Å². The Morgan fingerprint density at radius 2 is 2.18 bits per heavy atom. The predicted octanol–water partition coefficient (Wildman–Crippen LogP) is 1.72. The van der Waals surface area contributed by atoms with Crippen LogP contribution in [-0.2, 0) is 9.53 Å². The van der Waals surface area contributed by atoms with E-state index in [2.05, 4.69) is 24.5 Å². The molecule has 0 radical (unpaired) electrons. The standard InChI is InChI=1S/C12H20N2O2S/c1-5-16-11(15)10-8(4)13-12(17)14-9(10)6-7(2)3/h7,9H,5-6H2,1-4H3,(H2,13,14,17). The first-order valence-electron chi connectivity index (χ1n) is 5.91. The number of hydrogen-bond acceptors (Lipinski definition) is 3. The number of allylic oxidation sites excluding steroid dienone is 1. The summed E-state index contributed by atoms with van der Waals surface area (Å²) in [4.78, 5) is 11.9. The number of thiocarbonyl (C=S) groups is 1. The summed E-state index contributed by atoms with van der Waals surface area (Å²) in [5, 5.41) is 6.67. The zero-order valence-electron chi connectivity index (χ0n) is 10.8. The number of ether oxygens (including phenoxy) is 1. The highest BCUT2D eigenvalue weighted by Gasteiger charge is 2.29. The fourth-order valence-electron chi connectivity index (χ4n) is 1.92. The number of carbonyl (C=O) groups is 1. The van der Waals surface area contributed by atoms with Crippen molar-refractivity contribution < 1.29 is 9.53 Å². The summed E-state index contributed by atoms with van der Waals surface area (Å²) >= 11 is 5.11. The fourth-order valence-corrected chi connectivity index (χ4v) is 2.21. The van der Waals surface area contributed by atoms with Gasteiger partial charge in [0.15, 0.2) is 5.11 Å². The van der Waals surface area contributed by atoms with E-state index in [1.807, 2.05) is 6.92 Å². The average Bonchev–Trinajstić information content (AvgIpc) is 2.15. The molecule has 0 bridgehead atoms. The highest BCUT2D eigenvalue weighted by Crippen LogP contribution is 2.19. The molecule has 0 saturated heterocycles. The van der Waals surface area contributed by atoms with Crippen molar-refractivity contribution in [2.75, 3.05) is 6.61 Å². The van der Waals surface area contributed by atoms with Gasteiger partial charge in [0.25, 0.3) is 0 Å². The first kappa shape index (κ1) is 14.0. The molecule has 0 aromatic heterocycles. The average molecular weight is 256 g/mol. The van der Waals surface area contributed by atoms with Crippen LogP contribution in [0.3, 0.4) is 0 Å². The first-order valence-corrected chi connectivity index (χ1v) is 6.31. The molecule has 1 unspecified atom stereocenters. The molecule has 4 nitrogen and oxygen atoms in total. The van der Waals surface area contributed by atoms with E-state index in [0.29, 0.717) is 23.2 Å². The molecule has 0 amide bonds. The number of hydrogen-bond donors (Lipinski definition) is 2. The lowest BCUT2D eigenvalue weighted by atomic mass is 9.94. The van der Waals surface area contributed by atoms with Crippen molar-refractivity contribution >= 4 is 23.3 Å². The van der Waals surface area contributed by atoms with Crippen LogP contribution in [-0.4, -0.2) is 23.7 Å². The normalized spacial score (nSPS) is 20.1. The van der Waals surface area contributed by atoms with Crippen molar-refractivity contribution in [1.82, 2.24) is 10.6 Å². The lowest BCUT2D eigenvalue weighted by Gasteiger charge is -2.30. The molecule has 0 aromatic carbocycles. The largest absolute Gasteiger partial charge is 0.463 e. The third-order valence-electron chi connectivity index (χ3n) is 2.56. The lowest BCUT2D eigenvalue weighted by Crippen LogP contribution is -2.50. The smallest absolute Gasteiger partial charge is 0.337 e. The van der Waals surface area contributed by atoms with Gasteiger partial charge in [-0.05, 0) is 38.4 Å². The molecule has 17 heavy (non-hydrogen) atoms. The quantitative estimate of drug-likeness (QED) is 0.592. The molecule has 0 spiro atoms. The molecular weight excluding hydrogens is 236 g/mol. The third-order valence-corrected chi connectivity index (χ3v) is 2.78. The molecule has 0 fully saturated rings. The van der Waals surface area contributed by atoms with Gasteiger partial charge >= 0.3 is 5.97 Å². The molecule has 96 valence electrons. The van der Waals surface area contributed by atoms with Crippen LogP contribution in [0.25, 0.3) is 0 Å². The Morgan fingerprint density at radius 1 is 1.53 bits per heavy atom. The molecule has 1 heterocycles. The number of esters is 1. The summed E-state index contributed by atoms with van der Waals surface area (Å²) < 4.78 is 5.08. The van der Waals surface area contributed by atoms with Crippen LogP contribution in [0.4, 0.5) is 0 Å². The van der Waals surface area contributed by atoms with E-state index in [9.17, 15) is 4.79 Å². The molecule has 0 aliphatic carbocycles. The number of carbonyl (C=O) groups excluding carboxylic acids is 1.